The van der Waals surface area contributed by atoms with E-state index in [1.165, 1.54) is 18.6 Å². The van der Waals surface area contributed by atoms with Gasteiger partial charge < -0.3 is 16.2 Å². The van der Waals surface area contributed by atoms with Crippen LogP contribution in [-0.2, 0) is 0 Å². The average molecular weight is 238 g/mol. The number of benzene rings is 1. The van der Waals surface area contributed by atoms with Crippen molar-refractivity contribution < 1.29 is 9.50 Å². The minimum absolute atomic E-state index is 0.248. The van der Waals surface area contributed by atoms with E-state index in [0.29, 0.717) is 23.2 Å². The predicted molar refractivity (Wildman–Crippen MR) is 67.2 cm³/mol. The first kappa shape index (κ1) is 12.2. The Kier molecular flexibility index (Phi) is 3.84. The van der Waals surface area contributed by atoms with Crippen LogP contribution in [0.15, 0.2) is 18.2 Å². The third-order valence-electron chi connectivity index (χ3n) is 3.54. The summed E-state index contributed by atoms with van der Waals surface area (Å²) >= 11 is 0. The molecule has 0 aromatic heterocycles. The summed E-state index contributed by atoms with van der Waals surface area (Å²) in [6, 6.07) is 4.47. The molecular formula is C13H19FN2O. The van der Waals surface area contributed by atoms with Gasteiger partial charge in [-0.15, -0.1) is 0 Å². The van der Waals surface area contributed by atoms with Crippen LogP contribution < -0.4 is 11.1 Å². The van der Waals surface area contributed by atoms with E-state index in [4.69, 9.17) is 5.73 Å². The van der Waals surface area contributed by atoms with Gasteiger partial charge in [0, 0.05) is 24.5 Å². The monoisotopic (exact) mass is 238 g/mol. The first-order valence-corrected chi connectivity index (χ1v) is 6.10. The van der Waals surface area contributed by atoms with Crippen molar-refractivity contribution >= 4 is 11.4 Å². The van der Waals surface area contributed by atoms with E-state index in [9.17, 15) is 9.50 Å². The molecule has 1 aromatic carbocycles. The molecular weight excluding hydrogens is 219 g/mol. The van der Waals surface area contributed by atoms with Crippen molar-refractivity contribution in [2.75, 3.05) is 24.2 Å². The summed E-state index contributed by atoms with van der Waals surface area (Å²) in [6.45, 7) is 1.02. The number of anilines is 2. The topological polar surface area (TPSA) is 58.3 Å². The average Bonchev–Trinajstić information content (AvgIpc) is 2.72. The van der Waals surface area contributed by atoms with E-state index in [1.807, 2.05) is 0 Å². The lowest BCUT2D eigenvalue weighted by Gasteiger charge is -2.18. The Labute approximate surface area is 101 Å². The standard InChI is InChI=1S/C13H19FN2O/c14-11-4-12(15)6-13(5-11)16-7-9-2-1-3-10(9)8-17/h4-6,9-10,16-17H,1-3,7-8,15H2. The van der Waals surface area contributed by atoms with Gasteiger partial charge in [0.05, 0.1) is 0 Å². The zero-order valence-corrected chi connectivity index (χ0v) is 9.82. The first-order valence-electron chi connectivity index (χ1n) is 6.10. The molecule has 1 saturated carbocycles. The largest absolute Gasteiger partial charge is 0.399 e. The van der Waals surface area contributed by atoms with Gasteiger partial charge in [0.25, 0.3) is 0 Å². The number of nitrogen functional groups attached to an aromatic ring is 1. The molecule has 0 bridgehead atoms. The zero-order chi connectivity index (χ0) is 12.3. The number of hydrogen-bond donors (Lipinski definition) is 3. The van der Waals surface area contributed by atoms with Crippen molar-refractivity contribution in [3.05, 3.63) is 24.0 Å². The minimum atomic E-state index is -0.322. The zero-order valence-electron chi connectivity index (χ0n) is 9.82. The maximum Gasteiger partial charge on any atom is 0.127 e. The quantitative estimate of drug-likeness (QED) is 0.705. The smallest absolute Gasteiger partial charge is 0.127 e. The van der Waals surface area contributed by atoms with Gasteiger partial charge in [-0.2, -0.15) is 0 Å². The Morgan fingerprint density at radius 3 is 2.76 bits per heavy atom. The first-order chi connectivity index (χ1) is 8.19. The van der Waals surface area contributed by atoms with E-state index >= 15 is 0 Å². The molecule has 2 rings (SSSR count). The second kappa shape index (κ2) is 5.36. The number of nitrogens with one attached hydrogen (secondary N) is 1. The van der Waals surface area contributed by atoms with Gasteiger partial charge in [0.15, 0.2) is 0 Å². The van der Waals surface area contributed by atoms with Crippen molar-refractivity contribution in [2.24, 2.45) is 11.8 Å². The second-order valence-electron chi connectivity index (χ2n) is 4.79. The van der Waals surface area contributed by atoms with E-state index in [-0.39, 0.29) is 12.4 Å². The van der Waals surface area contributed by atoms with Gasteiger partial charge in [0.1, 0.15) is 5.82 Å². The lowest BCUT2D eigenvalue weighted by Crippen LogP contribution is -2.20. The highest BCUT2D eigenvalue weighted by atomic mass is 19.1. The van der Waals surface area contributed by atoms with Crippen LogP contribution in [0.2, 0.25) is 0 Å². The van der Waals surface area contributed by atoms with E-state index in [1.54, 1.807) is 6.07 Å². The molecule has 94 valence electrons. The number of nitrogens with two attached hydrogens (primary N) is 1. The Hall–Kier alpha value is -1.29. The molecule has 1 aromatic rings. The number of hydrogen-bond acceptors (Lipinski definition) is 3. The third kappa shape index (κ3) is 3.09. The van der Waals surface area contributed by atoms with Crippen LogP contribution in [0.5, 0.6) is 0 Å². The van der Waals surface area contributed by atoms with Crippen molar-refractivity contribution in [1.82, 2.24) is 0 Å². The molecule has 0 spiro atoms. The third-order valence-corrected chi connectivity index (χ3v) is 3.54. The van der Waals surface area contributed by atoms with Crippen LogP contribution >= 0.6 is 0 Å². The van der Waals surface area contributed by atoms with Gasteiger partial charge in [-0.05, 0) is 42.9 Å². The summed E-state index contributed by atoms with van der Waals surface area (Å²) in [7, 11) is 0. The van der Waals surface area contributed by atoms with E-state index < -0.39 is 0 Å². The van der Waals surface area contributed by atoms with Gasteiger partial charge in [0.2, 0.25) is 0 Å². The molecule has 1 aliphatic carbocycles. The van der Waals surface area contributed by atoms with E-state index in [2.05, 4.69) is 5.32 Å². The number of aliphatic hydroxyl groups excluding tert-OH is 1. The minimum Gasteiger partial charge on any atom is -0.399 e. The summed E-state index contributed by atoms with van der Waals surface area (Å²) in [5.74, 6) is 0.538. The maximum absolute atomic E-state index is 13.1. The second-order valence-corrected chi connectivity index (χ2v) is 4.79. The number of aliphatic hydroxyl groups is 1. The van der Waals surface area contributed by atoms with Gasteiger partial charge >= 0.3 is 0 Å². The summed E-state index contributed by atoms with van der Waals surface area (Å²) in [5, 5.41) is 12.4. The van der Waals surface area contributed by atoms with Crippen LogP contribution in [0.3, 0.4) is 0 Å². The lowest BCUT2D eigenvalue weighted by atomic mass is 9.97. The fourth-order valence-electron chi connectivity index (χ4n) is 2.59. The van der Waals surface area contributed by atoms with Crippen LogP contribution in [0, 0.1) is 17.7 Å². The molecule has 0 saturated heterocycles. The van der Waals surface area contributed by atoms with E-state index in [0.717, 1.165) is 19.4 Å². The number of rotatable bonds is 4. The molecule has 0 amide bonds. The Morgan fingerprint density at radius 1 is 1.29 bits per heavy atom. The molecule has 2 unspecified atom stereocenters. The number of halogens is 1. The molecule has 2 atom stereocenters. The highest BCUT2D eigenvalue weighted by Crippen LogP contribution is 2.31. The lowest BCUT2D eigenvalue weighted by molar-refractivity contribution is 0.199. The Bertz CT molecular complexity index is 363. The fourth-order valence-corrected chi connectivity index (χ4v) is 2.59. The van der Waals surface area contributed by atoms with Crippen LogP contribution in [0.25, 0.3) is 0 Å². The van der Waals surface area contributed by atoms with Crippen molar-refractivity contribution in [3.63, 3.8) is 0 Å². The molecule has 4 heteroatoms. The molecule has 17 heavy (non-hydrogen) atoms. The Morgan fingerprint density at radius 2 is 2.06 bits per heavy atom. The SMILES string of the molecule is Nc1cc(F)cc(NCC2CCCC2CO)c1. The molecule has 1 fully saturated rings. The van der Waals surface area contributed by atoms with Crippen LogP contribution in [-0.4, -0.2) is 18.3 Å². The summed E-state index contributed by atoms with van der Waals surface area (Å²) in [5.41, 5.74) is 6.72. The predicted octanol–water partition coefficient (Wildman–Crippen LogP) is 2.23. The van der Waals surface area contributed by atoms with Crippen molar-refractivity contribution in [2.45, 2.75) is 19.3 Å². The molecule has 0 heterocycles. The highest BCUT2D eigenvalue weighted by Gasteiger charge is 2.26. The molecule has 1 aliphatic rings. The van der Waals surface area contributed by atoms with Gasteiger partial charge in [-0.25, -0.2) is 4.39 Å². The molecule has 4 N–H and O–H groups in total. The van der Waals surface area contributed by atoms with Crippen LogP contribution in [0.4, 0.5) is 15.8 Å². The normalized spacial score (nSPS) is 23.9. The van der Waals surface area contributed by atoms with Crippen molar-refractivity contribution in [1.29, 1.82) is 0 Å². The summed E-state index contributed by atoms with van der Waals surface area (Å²) < 4.78 is 13.1. The Balaban J connectivity index is 1.93. The fraction of sp³-hybridized carbons (Fsp3) is 0.538. The van der Waals surface area contributed by atoms with Gasteiger partial charge in [-0.3, -0.25) is 0 Å². The van der Waals surface area contributed by atoms with Crippen LogP contribution in [0.1, 0.15) is 19.3 Å². The maximum atomic E-state index is 13.1. The molecule has 0 aliphatic heterocycles. The summed E-state index contributed by atoms with van der Waals surface area (Å²) in [4.78, 5) is 0. The van der Waals surface area contributed by atoms with Crippen molar-refractivity contribution in [3.8, 4) is 0 Å². The molecule has 0 radical (unpaired) electrons. The van der Waals surface area contributed by atoms with Gasteiger partial charge in [-0.1, -0.05) is 6.42 Å². The molecule has 3 nitrogen and oxygen atoms in total. The highest BCUT2D eigenvalue weighted by molar-refractivity contribution is 5.54. The summed E-state index contributed by atoms with van der Waals surface area (Å²) in [6.07, 6.45) is 3.39.